The maximum Gasteiger partial charge on any atom is 0.296 e. The third kappa shape index (κ3) is 2.03. The van der Waals surface area contributed by atoms with Gasteiger partial charge in [0.25, 0.3) is 11.2 Å². The van der Waals surface area contributed by atoms with Crippen molar-refractivity contribution in [1.82, 2.24) is 9.78 Å². The number of rotatable bonds is 2. The van der Waals surface area contributed by atoms with Crippen molar-refractivity contribution in [3.05, 3.63) is 56.0 Å². The summed E-state index contributed by atoms with van der Waals surface area (Å²) < 4.78 is 0.953. The van der Waals surface area contributed by atoms with Gasteiger partial charge >= 0.3 is 0 Å². The molecule has 2 N–H and O–H groups in total. The van der Waals surface area contributed by atoms with Crippen molar-refractivity contribution in [2.45, 2.75) is 0 Å². The van der Waals surface area contributed by atoms with E-state index in [2.05, 4.69) is 5.10 Å². The highest BCUT2D eigenvalue weighted by atomic mass is 35.5. The van der Waals surface area contributed by atoms with Gasteiger partial charge in [0.1, 0.15) is 5.69 Å². The second kappa shape index (κ2) is 4.46. The number of nitrogens with two attached hydrogens (primary N) is 1. The van der Waals surface area contributed by atoms with E-state index in [4.69, 9.17) is 17.3 Å². The van der Waals surface area contributed by atoms with Gasteiger partial charge in [0.05, 0.1) is 21.8 Å². The van der Waals surface area contributed by atoms with Crippen molar-refractivity contribution >= 4 is 23.0 Å². The first-order valence-electron chi connectivity index (χ1n) is 4.79. The summed E-state index contributed by atoms with van der Waals surface area (Å²) in [5, 5.41) is 14.5. The van der Waals surface area contributed by atoms with Crippen LogP contribution >= 0.6 is 11.6 Å². The van der Waals surface area contributed by atoms with Crippen molar-refractivity contribution in [3.63, 3.8) is 0 Å². The molecule has 7 nitrogen and oxygen atoms in total. The molecule has 0 spiro atoms. The number of non-ortho nitro benzene ring substituents is 1. The van der Waals surface area contributed by atoms with Gasteiger partial charge in [-0.1, -0.05) is 17.7 Å². The fourth-order valence-corrected chi connectivity index (χ4v) is 1.49. The largest absolute Gasteiger partial charge is 0.393 e. The minimum Gasteiger partial charge on any atom is -0.393 e. The van der Waals surface area contributed by atoms with Crippen molar-refractivity contribution in [1.29, 1.82) is 0 Å². The summed E-state index contributed by atoms with van der Waals surface area (Å²) in [5.41, 5.74) is 4.81. The van der Waals surface area contributed by atoms with Crippen molar-refractivity contribution in [3.8, 4) is 5.69 Å². The Morgan fingerprint density at radius 3 is 2.83 bits per heavy atom. The van der Waals surface area contributed by atoms with Crippen LogP contribution in [0.25, 0.3) is 5.69 Å². The molecule has 0 amide bonds. The Balaban J connectivity index is 2.63. The maximum atomic E-state index is 11.8. The summed E-state index contributed by atoms with van der Waals surface area (Å²) in [4.78, 5) is 21.9. The lowest BCUT2D eigenvalue weighted by Gasteiger charge is -2.05. The third-order valence-corrected chi connectivity index (χ3v) is 2.55. The van der Waals surface area contributed by atoms with Crippen LogP contribution in [0.3, 0.4) is 0 Å². The van der Waals surface area contributed by atoms with Crippen molar-refractivity contribution < 1.29 is 4.92 Å². The first kappa shape index (κ1) is 12.1. The van der Waals surface area contributed by atoms with Crippen LogP contribution < -0.4 is 11.3 Å². The predicted molar refractivity (Wildman–Crippen MR) is 65.9 cm³/mol. The van der Waals surface area contributed by atoms with Gasteiger partial charge in [-0.3, -0.25) is 14.9 Å². The zero-order valence-corrected chi connectivity index (χ0v) is 9.66. The van der Waals surface area contributed by atoms with Gasteiger partial charge in [-0.15, -0.1) is 0 Å². The monoisotopic (exact) mass is 266 g/mol. The van der Waals surface area contributed by atoms with Crippen LogP contribution in [0.2, 0.25) is 5.02 Å². The highest BCUT2D eigenvalue weighted by molar-refractivity contribution is 6.32. The lowest BCUT2D eigenvalue weighted by Crippen LogP contribution is -2.23. The SMILES string of the molecule is Nc1c(Cl)cnn(-c2cccc([N+](=O)[O-])c2)c1=O. The maximum absolute atomic E-state index is 11.8. The average Bonchev–Trinajstić information content (AvgIpc) is 2.36. The Bertz CT molecular complexity index is 683. The van der Waals surface area contributed by atoms with E-state index in [-0.39, 0.29) is 22.1 Å². The van der Waals surface area contributed by atoms with Gasteiger partial charge in [0, 0.05) is 12.1 Å². The molecule has 0 saturated heterocycles. The van der Waals surface area contributed by atoms with E-state index in [0.29, 0.717) is 0 Å². The highest BCUT2D eigenvalue weighted by Gasteiger charge is 2.11. The van der Waals surface area contributed by atoms with Gasteiger partial charge in [0.2, 0.25) is 0 Å². The van der Waals surface area contributed by atoms with E-state index < -0.39 is 10.5 Å². The molecule has 0 saturated carbocycles. The van der Waals surface area contributed by atoms with Gasteiger partial charge in [-0.25, -0.2) is 0 Å². The Labute approximate surface area is 106 Å². The fraction of sp³-hybridized carbons (Fsp3) is 0. The van der Waals surface area contributed by atoms with Crippen LogP contribution in [-0.4, -0.2) is 14.7 Å². The number of nitrogens with zero attached hydrogens (tertiary/aromatic N) is 3. The minimum absolute atomic E-state index is 0.0432. The number of anilines is 1. The van der Waals surface area contributed by atoms with E-state index in [0.717, 1.165) is 4.68 Å². The molecule has 0 unspecified atom stereocenters. The van der Waals surface area contributed by atoms with Crippen molar-refractivity contribution in [2.24, 2.45) is 0 Å². The summed E-state index contributed by atoms with van der Waals surface area (Å²) in [5.74, 6) is 0. The lowest BCUT2D eigenvalue weighted by atomic mass is 10.3. The van der Waals surface area contributed by atoms with Gasteiger partial charge in [-0.2, -0.15) is 9.78 Å². The number of hydrogen-bond donors (Lipinski definition) is 1. The smallest absolute Gasteiger partial charge is 0.296 e. The molecule has 92 valence electrons. The molecule has 8 heteroatoms. The van der Waals surface area contributed by atoms with E-state index in [1.54, 1.807) is 0 Å². The molecule has 0 bridgehead atoms. The second-order valence-corrected chi connectivity index (χ2v) is 3.81. The molecule has 1 aromatic carbocycles. The van der Waals surface area contributed by atoms with Crippen LogP contribution in [0.15, 0.2) is 35.3 Å². The van der Waals surface area contributed by atoms with Crippen molar-refractivity contribution in [2.75, 3.05) is 5.73 Å². The number of hydrogen-bond acceptors (Lipinski definition) is 5. The molecule has 0 fully saturated rings. The topological polar surface area (TPSA) is 104 Å². The molecule has 0 aliphatic rings. The molecule has 1 aromatic heterocycles. The molecule has 18 heavy (non-hydrogen) atoms. The zero-order valence-electron chi connectivity index (χ0n) is 8.91. The number of aromatic nitrogens is 2. The van der Waals surface area contributed by atoms with Crippen LogP contribution in [0.5, 0.6) is 0 Å². The minimum atomic E-state index is -0.622. The molecular formula is C10H7ClN4O3. The summed E-state index contributed by atoms with van der Waals surface area (Å²) in [6.07, 6.45) is 1.21. The van der Waals surface area contributed by atoms with E-state index >= 15 is 0 Å². The molecule has 2 rings (SSSR count). The Hall–Kier alpha value is -2.41. The molecular weight excluding hydrogens is 260 g/mol. The second-order valence-electron chi connectivity index (χ2n) is 3.40. The average molecular weight is 267 g/mol. The summed E-state index contributed by atoms with van der Waals surface area (Å²) in [6, 6.07) is 5.50. The molecule has 0 radical (unpaired) electrons. The van der Waals surface area contributed by atoms with Crippen LogP contribution in [0.4, 0.5) is 11.4 Å². The van der Waals surface area contributed by atoms with E-state index in [1.807, 2.05) is 0 Å². The van der Waals surface area contributed by atoms with E-state index in [1.165, 1.54) is 30.5 Å². The van der Waals surface area contributed by atoms with Gasteiger partial charge in [0.15, 0.2) is 0 Å². The lowest BCUT2D eigenvalue weighted by molar-refractivity contribution is -0.384. The number of halogens is 1. The summed E-state index contributed by atoms with van der Waals surface area (Å²) in [7, 11) is 0. The molecule has 1 heterocycles. The van der Waals surface area contributed by atoms with Crippen LogP contribution in [0, 0.1) is 10.1 Å². The first-order chi connectivity index (χ1) is 8.50. The summed E-state index contributed by atoms with van der Waals surface area (Å²) in [6.45, 7) is 0. The Morgan fingerprint density at radius 1 is 1.44 bits per heavy atom. The molecule has 0 aliphatic heterocycles. The highest BCUT2D eigenvalue weighted by Crippen LogP contribution is 2.16. The normalized spacial score (nSPS) is 10.3. The van der Waals surface area contributed by atoms with Gasteiger partial charge < -0.3 is 5.73 Å². The molecule has 0 atom stereocenters. The predicted octanol–water partition coefficient (Wildman–Crippen LogP) is 1.38. The molecule has 2 aromatic rings. The van der Waals surface area contributed by atoms with Crippen LogP contribution in [0.1, 0.15) is 0 Å². The quantitative estimate of drug-likeness (QED) is 0.653. The zero-order chi connectivity index (χ0) is 13.3. The van der Waals surface area contributed by atoms with Gasteiger partial charge in [-0.05, 0) is 6.07 Å². The standard InChI is InChI=1S/C10H7ClN4O3/c11-8-5-13-14(10(16)9(8)12)6-2-1-3-7(4-6)15(17)18/h1-5H,12H2. The van der Waals surface area contributed by atoms with E-state index in [9.17, 15) is 14.9 Å². The van der Waals surface area contributed by atoms with Crippen LogP contribution in [-0.2, 0) is 0 Å². The number of benzene rings is 1. The molecule has 0 aliphatic carbocycles. The third-order valence-electron chi connectivity index (χ3n) is 2.25. The fourth-order valence-electron chi connectivity index (χ4n) is 1.37. The Kier molecular flexibility index (Phi) is 2.99. The summed E-state index contributed by atoms with van der Waals surface area (Å²) >= 11 is 5.65. The Morgan fingerprint density at radius 2 is 2.17 bits per heavy atom. The number of nitrogen functional groups attached to an aromatic ring is 1. The first-order valence-corrected chi connectivity index (χ1v) is 5.16. The number of nitro benzene ring substituents is 1. The number of nitro groups is 1.